The van der Waals surface area contributed by atoms with Crippen LogP contribution >= 0.6 is 0 Å². The Morgan fingerprint density at radius 2 is 2.18 bits per heavy atom. The molecule has 1 aliphatic rings. The summed E-state index contributed by atoms with van der Waals surface area (Å²) in [6.45, 7) is 6.16. The molecule has 0 radical (unpaired) electrons. The van der Waals surface area contributed by atoms with Crippen LogP contribution in [-0.2, 0) is 5.41 Å². The zero-order valence-electron chi connectivity index (χ0n) is 10.8. The smallest absolute Gasteiger partial charge is 0.329 e. The van der Waals surface area contributed by atoms with E-state index < -0.39 is 0 Å². The average molecular weight is 237 g/mol. The lowest BCUT2D eigenvalue weighted by Crippen LogP contribution is -2.30. The van der Waals surface area contributed by atoms with Gasteiger partial charge in [0.25, 0.3) is 0 Å². The van der Waals surface area contributed by atoms with Crippen molar-refractivity contribution >= 4 is 6.03 Å². The fourth-order valence-corrected chi connectivity index (χ4v) is 1.49. The van der Waals surface area contributed by atoms with Gasteiger partial charge in [0.05, 0.1) is 12.8 Å². The highest BCUT2D eigenvalue weighted by molar-refractivity contribution is 5.78. The molecule has 0 aliphatic heterocycles. The van der Waals surface area contributed by atoms with Crippen LogP contribution in [0.3, 0.4) is 0 Å². The first kappa shape index (κ1) is 12.0. The second-order valence-corrected chi connectivity index (χ2v) is 5.46. The summed E-state index contributed by atoms with van der Waals surface area (Å²) < 4.78 is 6.58. The highest BCUT2D eigenvalue weighted by atomic mass is 16.5. The molecular formula is C12H19N3O2. The molecule has 0 atom stereocenters. The third-order valence-corrected chi connectivity index (χ3v) is 2.75. The van der Waals surface area contributed by atoms with Gasteiger partial charge in [-0.05, 0) is 12.8 Å². The van der Waals surface area contributed by atoms with Crippen LogP contribution in [-0.4, -0.2) is 28.7 Å². The molecule has 1 fully saturated rings. The Labute approximate surface area is 101 Å². The molecule has 1 N–H and O–H groups in total. The highest BCUT2D eigenvalue weighted by Crippen LogP contribution is 2.25. The maximum absolute atomic E-state index is 11.9. The number of carbonyl (C=O) groups excluding carboxylic acids is 1. The van der Waals surface area contributed by atoms with E-state index in [1.165, 1.54) is 11.7 Å². The van der Waals surface area contributed by atoms with E-state index in [4.69, 9.17) is 4.74 Å². The standard InChI is InChI=1S/C12H19N3O2/c1-12(2,3)9-7-15(11(14-9)17-4)10(16)13-8-5-6-8/h7-8H,5-6H2,1-4H3,(H,13,16). The Bertz CT molecular complexity index is 427. The summed E-state index contributed by atoms with van der Waals surface area (Å²) in [5.41, 5.74) is 0.749. The highest BCUT2D eigenvalue weighted by Gasteiger charge is 2.27. The van der Waals surface area contributed by atoms with Gasteiger partial charge in [0.15, 0.2) is 0 Å². The van der Waals surface area contributed by atoms with Crippen molar-refractivity contribution in [3.63, 3.8) is 0 Å². The largest absolute Gasteiger partial charge is 0.468 e. The van der Waals surface area contributed by atoms with Gasteiger partial charge >= 0.3 is 12.0 Å². The molecule has 1 aliphatic carbocycles. The van der Waals surface area contributed by atoms with Crippen molar-refractivity contribution in [1.82, 2.24) is 14.9 Å². The second kappa shape index (κ2) is 4.05. The van der Waals surface area contributed by atoms with E-state index in [0.717, 1.165) is 18.5 Å². The van der Waals surface area contributed by atoms with Crippen molar-refractivity contribution in [2.24, 2.45) is 0 Å². The minimum Gasteiger partial charge on any atom is -0.468 e. The summed E-state index contributed by atoms with van der Waals surface area (Å²) in [6, 6.07) is 0.508. The number of carbonyl (C=O) groups is 1. The Hall–Kier alpha value is -1.52. The van der Waals surface area contributed by atoms with E-state index in [-0.39, 0.29) is 11.4 Å². The lowest BCUT2D eigenvalue weighted by atomic mass is 9.93. The van der Waals surface area contributed by atoms with Gasteiger partial charge in [-0.3, -0.25) is 0 Å². The lowest BCUT2D eigenvalue weighted by molar-refractivity contribution is 0.237. The van der Waals surface area contributed by atoms with E-state index in [0.29, 0.717) is 12.1 Å². The molecule has 1 saturated carbocycles. The second-order valence-electron chi connectivity index (χ2n) is 5.46. The summed E-state index contributed by atoms with van der Waals surface area (Å²) in [5.74, 6) is 0. The van der Waals surface area contributed by atoms with Gasteiger partial charge in [0.2, 0.25) is 0 Å². The van der Waals surface area contributed by atoms with E-state index in [1.54, 1.807) is 6.20 Å². The van der Waals surface area contributed by atoms with Gasteiger partial charge in [-0.1, -0.05) is 20.8 Å². The van der Waals surface area contributed by atoms with Crippen LogP contribution in [0.2, 0.25) is 0 Å². The lowest BCUT2D eigenvalue weighted by Gasteiger charge is -2.13. The van der Waals surface area contributed by atoms with E-state index in [2.05, 4.69) is 31.1 Å². The molecule has 5 heteroatoms. The molecule has 1 aromatic heterocycles. The summed E-state index contributed by atoms with van der Waals surface area (Å²) in [4.78, 5) is 16.3. The summed E-state index contributed by atoms with van der Waals surface area (Å²) in [5, 5.41) is 2.91. The van der Waals surface area contributed by atoms with Gasteiger partial charge in [-0.15, -0.1) is 0 Å². The molecule has 17 heavy (non-hydrogen) atoms. The van der Waals surface area contributed by atoms with Gasteiger partial charge in [0.1, 0.15) is 0 Å². The first-order valence-electron chi connectivity index (χ1n) is 5.86. The van der Waals surface area contributed by atoms with Crippen molar-refractivity contribution < 1.29 is 9.53 Å². The third-order valence-electron chi connectivity index (χ3n) is 2.75. The molecule has 1 amide bonds. The number of hydrogen-bond donors (Lipinski definition) is 1. The van der Waals surface area contributed by atoms with Crippen LogP contribution in [0.15, 0.2) is 6.20 Å². The molecular weight excluding hydrogens is 218 g/mol. The predicted molar refractivity (Wildman–Crippen MR) is 64.4 cm³/mol. The van der Waals surface area contributed by atoms with Gasteiger partial charge < -0.3 is 10.1 Å². The minimum absolute atomic E-state index is 0.0988. The molecule has 1 heterocycles. The number of nitrogens with zero attached hydrogens (tertiary/aromatic N) is 2. The van der Waals surface area contributed by atoms with Gasteiger partial charge in [-0.2, -0.15) is 4.98 Å². The zero-order valence-corrected chi connectivity index (χ0v) is 10.8. The Morgan fingerprint density at radius 3 is 2.65 bits per heavy atom. The topological polar surface area (TPSA) is 56.2 Å². The quantitative estimate of drug-likeness (QED) is 0.854. The maximum Gasteiger partial charge on any atom is 0.329 e. The molecule has 0 bridgehead atoms. The van der Waals surface area contributed by atoms with Crippen LogP contribution in [0.25, 0.3) is 0 Å². The Balaban J connectivity index is 2.25. The monoisotopic (exact) mass is 237 g/mol. The number of methoxy groups -OCH3 is 1. The minimum atomic E-state index is -0.160. The van der Waals surface area contributed by atoms with Gasteiger partial charge in [0, 0.05) is 17.7 Å². The summed E-state index contributed by atoms with van der Waals surface area (Å²) >= 11 is 0. The molecule has 0 saturated heterocycles. The fourth-order valence-electron chi connectivity index (χ4n) is 1.49. The van der Waals surface area contributed by atoms with Crippen molar-refractivity contribution in [2.75, 3.05) is 7.11 Å². The molecule has 0 aromatic carbocycles. The molecule has 0 spiro atoms. The first-order chi connectivity index (χ1) is 7.91. The number of ether oxygens (including phenoxy) is 1. The normalized spacial score (nSPS) is 15.8. The van der Waals surface area contributed by atoms with Crippen LogP contribution in [0.4, 0.5) is 4.79 Å². The number of rotatable bonds is 2. The van der Waals surface area contributed by atoms with Crippen LogP contribution < -0.4 is 10.1 Å². The zero-order chi connectivity index (χ0) is 12.6. The van der Waals surface area contributed by atoms with E-state index in [1.807, 2.05) is 0 Å². The average Bonchev–Trinajstić information content (AvgIpc) is 2.93. The summed E-state index contributed by atoms with van der Waals surface area (Å²) in [6.07, 6.45) is 3.88. The van der Waals surface area contributed by atoms with Crippen LogP contribution in [0, 0.1) is 0 Å². The molecule has 1 aromatic rings. The van der Waals surface area contributed by atoms with Crippen molar-refractivity contribution in [1.29, 1.82) is 0 Å². The van der Waals surface area contributed by atoms with E-state index in [9.17, 15) is 4.79 Å². The van der Waals surface area contributed by atoms with Crippen molar-refractivity contribution in [2.45, 2.75) is 45.1 Å². The fraction of sp³-hybridized carbons (Fsp3) is 0.667. The Kier molecular flexibility index (Phi) is 2.85. The SMILES string of the molecule is COc1nc(C(C)(C)C)cn1C(=O)NC1CC1. The number of hydrogen-bond acceptors (Lipinski definition) is 3. The first-order valence-corrected chi connectivity index (χ1v) is 5.86. The van der Waals surface area contributed by atoms with Gasteiger partial charge in [-0.25, -0.2) is 9.36 Å². The molecule has 5 nitrogen and oxygen atoms in total. The number of aromatic nitrogens is 2. The van der Waals surface area contributed by atoms with Crippen LogP contribution in [0.1, 0.15) is 39.3 Å². The molecule has 0 unspecified atom stereocenters. The number of nitrogens with one attached hydrogen (secondary N) is 1. The van der Waals surface area contributed by atoms with E-state index >= 15 is 0 Å². The van der Waals surface area contributed by atoms with Crippen LogP contribution in [0.5, 0.6) is 6.01 Å². The number of amides is 1. The number of imidazole rings is 1. The predicted octanol–water partition coefficient (Wildman–Crippen LogP) is 1.91. The Morgan fingerprint density at radius 1 is 1.53 bits per heavy atom. The third kappa shape index (κ3) is 2.60. The summed E-state index contributed by atoms with van der Waals surface area (Å²) in [7, 11) is 1.52. The van der Waals surface area contributed by atoms with Crippen molar-refractivity contribution in [3.05, 3.63) is 11.9 Å². The molecule has 94 valence electrons. The molecule has 2 rings (SSSR count). The van der Waals surface area contributed by atoms with Crippen molar-refractivity contribution in [3.8, 4) is 6.01 Å². The maximum atomic E-state index is 11.9.